The second kappa shape index (κ2) is 9.01. The van der Waals surface area contributed by atoms with E-state index in [-0.39, 0.29) is 24.7 Å². The molecule has 0 aliphatic carbocycles. The Balaban J connectivity index is 1.63. The van der Waals surface area contributed by atoms with Crippen LogP contribution in [0.15, 0.2) is 70.1 Å². The number of carbonyl (C=O) groups is 1. The molecule has 0 saturated carbocycles. The van der Waals surface area contributed by atoms with Crippen LogP contribution in [0.5, 0.6) is 5.75 Å². The Morgan fingerprint density at radius 3 is 2.56 bits per heavy atom. The molecule has 2 N–H and O–H groups in total. The third-order valence-electron chi connectivity index (χ3n) is 5.31. The lowest BCUT2D eigenvalue weighted by atomic mass is 10.0. The number of nitrogens with zero attached hydrogens (tertiary/aromatic N) is 1. The number of fused-ring (bicyclic) bond motifs is 1. The van der Waals surface area contributed by atoms with Gasteiger partial charge in [0.1, 0.15) is 11.5 Å². The average molecular weight is 431 g/mol. The quantitative estimate of drug-likeness (QED) is 0.451. The molecule has 2 heterocycles. The van der Waals surface area contributed by atoms with Crippen molar-refractivity contribution in [1.29, 1.82) is 0 Å². The molecule has 32 heavy (non-hydrogen) atoms. The van der Waals surface area contributed by atoms with E-state index < -0.39 is 0 Å². The molecule has 0 radical (unpaired) electrons. The van der Waals surface area contributed by atoms with Crippen molar-refractivity contribution in [2.24, 2.45) is 0 Å². The van der Waals surface area contributed by atoms with Crippen LogP contribution in [0.3, 0.4) is 0 Å². The number of methoxy groups -OCH3 is 1. The Hall–Kier alpha value is -4.00. The predicted molar refractivity (Wildman–Crippen MR) is 124 cm³/mol. The molecule has 7 nitrogen and oxygen atoms in total. The third kappa shape index (κ3) is 4.67. The highest BCUT2D eigenvalue weighted by Crippen LogP contribution is 2.20. The lowest BCUT2D eigenvalue weighted by molar-refractivity contribution is 0.201. The van der Waals surface area contributed by atoms with Crippen molar-refractivity contribution >= 4 is 22.6 Å². The van der Waals surface area contributed by atoms with Crippen LogP contribution in [0.1, 0.15) is 22.5 Å². The maximum Gasteiger partial charge on any atom is 0.322 e. The molecule has 0 aliphatic heterocycles. The molecule has 7 heteroatoms. The molecular weight excluding hydrogens is 406 g/mol. The van der Waals surface area contributed by atoms with Gasteiger partial charge in [-0.25, -0.2) is 4.79 Å². The third-order valence-corrected chi connectivity index (χ3v) is 5.31. The van der Waals surface area contributed by atoms with Gasteiger partial charge in [0.05, 0.1) is 26.5 Å². The van der Waals surface area contributed by atoms with Crippen molar-refractivity contribution in [3.05, 3.63) is 93.7 Å². The SMILES string of the molecule is COc1ccc(NC(=O)N(Cc2ccco2)Cc2cc3c(C)cc(C)cc3[nH]c2=O)cc1. The highest BCUT2D eigenvalue weighted by Gasteiger charge is 2.18. The first-order valence-electron chi connectivity index (χ1n) is 10.3. The van der Waals surface area contributed by atoms with E-state index in [1.54, 1.807) is 54.7 Å². The number of aromatic nitrogens is 1. The average Bonchev–Trinajstić information content (AvgIpc) is 3.27. The van der Waals surface area contributed by atoms with Gasteiger partial charge in [-0.1, -0.05) is 6.07 Å². The fourth-order valence-corrected chi connectivity index (χ4v) is 3.71. The summed E-state index contributed by atoms with van der Waals surface area (Å²) in [5.41, 5.74) is 3.84. The minimum absolute atomic E-state index is 0.126. The normalized spacial score (nSPS) is 10.8. The highest BCUT2D eigenvalue weighted by atomic mass is 16.5. The Morgan fingerprint density at radius 1 is 1.09 bits per heavy atom. The van der Waals surface area contributed by atoms with E-state index >= 15 is 0 Å². The van der Waals surface area contributed by atoms with E-state index in [1.165, 1.54) is 0 Å². The molecule has 0 aliphatic rings. The number of rotatable bonds is 6. The zero-order chi connectivity index (χ0) is 22.7. The smallest absolute Gasteiger partial charge is 0.322 e. The van der Waals surface area contributed by atoms with Gasteiger partial charge in [-0.05, 0) is 73.5 Å². The number of anilines is 1. The number of benzene rings is 2. The summed E-state index contributed by atoms with van der Waals surface area (Å²) in [5.74, 6) is 1.32. The second-order valence-corrected chi connectivity index (χ2v) is 7.76. The summed E-state index contributed by atoms with van der Waals surface area (Å²) in [7, 11) is 1.59. The largest absolute Gasteiger partial charge is 0.497 e. The summed E-state index contributed by atoms with van der Waals surface area (Å²) < 4.78 is 10.6. The number of ether oxygens (including phenoxy) is 1. The predicted octanol–water partition coefficient (Wildman–Crippen LogP) is 4.98. The molecular formula is C25H25N3O4. The lowest BCUT2D eigenvalue weighted by Gasteiger charge is -2.22. The molecule has 2 amide bonds. The molecule has 2 aromatic carbocycles. The number of aromatic amines is 1. The summed E-state index contributed by atoms with van der Waals surface area (Å²) in [4.78, 5) is 30.4. The summed E-state index contributed by atoms with van der Waals surface area (Å²) >= 11 is 0. The molecule has 0 atom stereocenters. The number of hydrogen-bond acceptors (Lipinski definition) is 4. The van der Waals surface area contributed by atoms with E-state index in [0.717, 1.165) is 22.0 Å². The summed E-state index contributed by atoms with van der Waals surface area (Å²) in [5, 5.41) is 3.84. The maximum absolute atomic E-state index is 13.1. The molecule has 4 aromatic rings. The molecule has 4 rings (SSSR count). The standard InChI is InChI=1S/C25H25N3O4/c1-16-11-17(2)22-13-18(24(29)27-23(22)12-16)14-28(15-21-5-4-10-32-21)25(30)26-19-6-8-20(31-3)9-7-19/h4-13H,14-15H2,1-3H3,(H,26,30)(H,27,29). The Bertz CT molecular complexity index is 1290. The van der Waals surface area contributed by atoms with Gasteiger partial charge in [0.15, 0.2) is 0 Å². The zero-order valence-corrected chi connectivity index (χ0v) is 18.3. The fraction of sp³-hybridized carbons (Fsp3) is 0.200. The van der Waals surface area contributed by atoms with Gasteiger partial charge in [-0.2, -0.15) is 0 Å². The summed E-state index contributed by atoms with van der Waals surface area (Å²) in [6.07, 6.45) is 1.56. The molecule has 0 fully saturated rings. The highest BCUT2D eigenvalue weighted by molar-refractivity contribution is 5.89. The van der Waals surface area contributed by atoms with Gasteiger partial charge in [-0.3, -0.25) is 4.79 Å². The van der Waals surface area contributed by atoms with Gasteiger partial charge in [-0.15, -0.1) is 0 Å². The first-order chi connectivity index (χ1) is 15.4. The zero-order valence-electron chi connectivity index (χ0n) is 18.3. The number of carbonyl (C=O) groups excluding carboxylic acids is 1. The van der Waals surface area contributed by atoms with Gasteiger partial charge in [0, 0.05) is 22.2 Å². The van der Waals surface area contributed by atoms with E-state index in [0.29, 0.717) is 22.8 Å². The van der Waals surface area contributed by atoms with E-state index in [4.69, 9.17) is 9.15 Å². The Morgan fingerprint density at radius 2 is 1.88 bits per heavy atom. The molecule has 0 spiro atoms. The number of furan rings is 1. The Labute approximate surface area is 185 Å². The van der Waals surface area contributed by atoms with Crippen molar-refractivity contribution < 1.29 is 13.9 Å². The van der Waals surface area contributed by atoms with Crippen LogP contribution < -0.4 is 15.6 Å². The van der Waals surface area contributed by atoms with Crippen LogP contribution in [0.2, 0.25) is 0 Å². The number of hydrogen-bond donors (Lipinski definition) is 2. The second-order valence-electron chi connectivity index (χ2n) is 7.76. The molecule has 0 saturated heterocycles. The van der Waals surface area contributed by atoms with E-state index in [2.05, 4.69) is 16.4 Å². The van der Waals surface area contributed by atoms with Crippen molar-refractivity contribution in [2.75, 3.05) is 12.4 Å². The number of amides is 2. The summed E-state index contributed by atoms with van der Waals surface area (Å²) in [6.45, 7) is 4.35. The molecule has 0 bridgehead atoms. The number of H-pyrrole nitrogens is 1. The molecule has 2 aromatic heterocycles. The van der Waals surface area contributed by atoms with Crippen molar-refractivity contribution in [2.45, 2.75) is 26.9 Å². The van der Waals surface area contributed by atoms with Gasteiger partial charge >= 0.3 is 6.03 Å². The fourth-order valence-electron chi connectivity index (χ4n) is 3.71. The van der Waals surface area contributed by atoms with Crippen LogP contribution in [0.4, 0.5) is 10.5 Å². The monoisotopic (exact) mass is 431 g/mol. The minimum Gasteiger partial charge on any atom is -0.497 e. The van der Waals surface area contributed by atoms with Crippen molar-refractivity contribution in [3.8, 4) is 5.75 Å². The van der Waals surface area contributed by atoms with E-state index in [9.17, 15) is 9.59 Å². The van der Waals surface area contributed by atoms with Crippen LogP contribution in [-0.4, -0.2) is 23.0 Å². The summed E-state index contributed by atoms with van der Waals surface area (Å²) in [6, 6.07) is 16.2. The van der Waals surface area contributed by atoms with Crippen LogP contribution >= 0.6 is 0 Å². The van der Waals surface area contributed by atoms with Gasteiger partial charge in [0.25, 0.3) is 5.56 Å². The molecule has 164 valence electrons. The first kappa shape index (κ1) is 21.2. The van der Waals surface area contributed by atoms with E-state index in [1.807, 2.05) is 26.0 Å². The number of nitrogens with one attached hydrogen (secondary N) is 2. The maximum atomic E-state index is 13.1. The van der Waals surface area contributed by atoms with Crippen LogP contribution in [0.25, 0.3) is 10.9 Å². The van der Waals surface area contributed by atoms with Gasteiger partial charge < -0.3 is 24.4 Å². The van der Waals surface area contributed by atoms with Gasteiger partial charge in [0.2, 0.25) is 0 Å². The number of urea groups is 1. The van der Waals surface area contributed by atoms with Crippen molar-refractivity contribution in [3.63, 3.8) is 0 Å². The number of pyridine rings is 1. The topological polar surface area (TPSA) is 87.6 Å². The number of aryl methyl sites for hydroxylation is 2. The van der Waals surface area contributed by atoms with Crippen molar-refractivity contribution in [1.82, 2.24) is 9.88 Å². The molecule has 0 unspecified atom stereocenters. The Kier molecular flexibility index (Phi) is 5.98. The van der Waals surface area contributed by atoms with Crippen LogP contribution in [-0.2, 0) is 13.1 Å². The lowest BCUT2D eigenvalue weighted by Crippen LogP contribution is -2.35. The first-order valence-corrected chi connectivity index (χ1v) is 10.3. The van der Waals surface area contributed by atoms with Crippen LogP contribution in [0, 0.1) is 13.8 Å². The minimum atomic E-state index is -0.341.